The van der Waals surface area contributed by atoms with Gasteiger partial charge in [-0.15, -0.1) is 0 Å². The molecule has 1 atom stereocenters. The van der Waals surface area contributed by atoms with Gasteiger partial charge < -0.3 is 15.7 Å². The molecule has 1 fully saturated rings. The van der Waals surface area contributed by atoms with Crippen LogP contribution in [0.15, 0.2) is 0 Å². The largest absolute Gasteiger partial charge is 0.392 e. The summed E-state index contributed by atoms with van der Waals surface area (Å²) in [5, 5.41) is 9.13. The van der Waals surface area contributed by atoms with Crippen LogP contribution in [0, 0.1) is 0 Å². The highest BCUT2D eigenvalue weighted by Gasteiger charge is 2.18. The summed E-state index contributed by atoms with van der Waals surface area (Å²) in [6.07, 6.45) is 1.90. The number of likely N-dealkylation sites (tertiary alicyclic amines) is 1. The molecule has 3 N–H and O–H groups in total. The number of rotatable bonds is 3. The maximum atomic E-state index is 9.13. The molecule has 3 heteroatoms. The lowest BCUT2D eigenvalue weighted by Crippen LogP contribution is -2.24. The Morgan fingerprint density at radius 3 is 2.90 bits per heavy atom. The quantitative estimate of drug-likeness (QED) is 0.556. The summed E-state index contributed by atoms with van der Waals surface area (Å²) in [5.41, 5.74) is 5.35. The van der Waals surface area contributed by atoms with E-state index in [9.17, 15) is 0 Å². The molecule has 0 saturated carbocycles. The minimum Gasteiger partial charge on any atom is -0.392 e. The smallest absolute Gasteiger partial charge is 0.0679 e. The third-order valence-electron chi connectivity index (χ3n) is 1.93. The lowest BCUT2D eigenvalue weighted by atomic mass is 10.3. The minimum atomic E-state index is -0.0854. The molecule has 60 valence electrons. The van der Waals surface area contributed by atoms with Crippen LogP contribution in [-0.2, 0) is 0 Å². The number of β-amino-alcohol motifs (C(OH)–C–C–N with tert-alkyl or cyclic N) is 1. The van der Waals surface area contributed by atoms with E-state index in [-0.39, 0.29) is 6.10 Å². The highest BCUT2D eigenvalue weighted by atomic mass is 16.3. The predicted octanol–water partition coefficient (Wildman–Crippen LogP) is -0.598. The van der Waals surface area contributed by atoms with E-state index < -0.39 is 0 Å². The molecule has 0 aromatic rings. The number of hydrogen-bond acceptors (Lipinski definition) is 3. The Morgan fingerprint density at radius 2 is 2.40 bits per heavy atom. The monoisotopic (exact) mass is 144 g/mol. The first-order valence-corrected chi connectivity index (χ1v) is 3.93. The van der Waals surface area contributed by atoms with Crippen LogP contribution in [0.4, 0.5) is 0 Å². The van der Waals surface area contributed by atoms with Gasteiger partial charge in [-0.2, -0.15) is 0 Å². The van der Waals surface area contributed by atoms with Crippen molar-refractivity contribution in [2.24, 2.45) is 5.73 Å². The van der Waals surface area contributed by atoms with Crippen molar-refractivity contribution in [2.45, 2.75) is 18.9 Å². The number of nitrogens with zero attached hydrogens (tertiary/aromatic N) is 1. The average molecular weight is 144 g/mol. The summed E-state index contributed by atoms with van der Waals surface area (Å²) in [7, 11) is 0. The topological polar surface area (TPSA) is 49.5 Å². The molecule has 0 aromatic heterocycles. The van der Waals surface area contributed by atoms with E-state index in [1.807, 2.05) is 0 Å². The lowest BCUT2D eigenvalue weighted by molar-refractivity contribution is 0.176. The standard InChI is InChI=1S/C7H16N2O/c8-3-1-4-9-5-2-7(10)6-9/h7,10H,1-6,8H2/t7-/m0/s1. The van der Waals surface area contributed by atoms with Crippen LogP contribution in [-0.4, -0.2) is 42.3 Å². The average Bonchev–Trinajstić information content (AvgIpc) is 2.31. The molecule has 0 unspecified atom stereocenters. The van der Waals surface area contributed by atoms with Gasteiger partial charge in [-0.3, -0.25) is 0 Å². The first kappa shape index (κ1) is 7.98. The molecule has 0 aromatic carbocycles. The first-order valence-electron chi connectivity index (χ1n) is 3.93. The van der Waals surface area contributed by atoms with Gasteiger partial charge in [0.1, 0.15) is 0 Å². The lowest BCUT2D eigenvalue weighted by Gasteiger charge is -2.12. The first-order chi connectivity index (χ1) is 4.83. The Bertz CT molecular complexity index is 97.6. The zero-order valence-electron chi connectivity index (χ0n) is 6.29. The molecule has 1 saturated heterocycles. The maximum Gasteiger partial charge on any atom is 0.0679 e. The summed E-state index contributed by atoms with van der Waals surface area (Å²) >= 11 is 0. The van der Waals surface area contributed by atoms with Crippen molar-refractivity contribution in [3.8, 4) is 0 Å². The van der Waals surface area contributed by atoms with Gasteiger partial charge in [-0.1, -0.05) is 0 Å². The molecule has 1 aliphatic heterocycles. The summed E-state index contributed by atoms with van der Waals surface area (Å²) in [5.74, 6) is 0. The molecule has 1 heterocycles. The molecule has 0 spiro atoms. The van der Waals surface area contributed by atoms with Crippen molar-refractivity contribution in [3.05, 3.63) is 0 Å². The molecule has 0 bridgehead atoms. The van der Waals surface area contributed by atoms with E-state index in [4.69, 9.17) is 10.8 Å². The molecular weight excluding hydrogens is 128 g/mol. The van der Waals surface area contributed by atoms with E-state index >= 15 is 0 Å². The van der Waals surface area contributed by atoms with Gasteiger partial charge in [0.2, 0.25) is 0 Å². The molecule has 0 radical (unpaired) electrons. The highest BCUT2D eigenvalue weighted by molar-refractivity contribution is 4.73. The van der Waals surface area contributed by atoms with Gasteiger partial charge in [-0.25, -0.2) is 0 Å². The van der Waals surface area contributed by atoms with Crippen molar-refractivity contribution < 1.29 is 5.11 Å². The number of aliphatic hydroxyl groups excluding tert-OH is 1. The number of aliphatic hydroxyl groups is 1. The minimum absolute atomic E-state index is 0.0854. The second kappa shape index (κ2) is 3.91. The molecule has 3 nitrogen and oxygen atoms in total. The van der Waals surface area contributed by atoms with Crippen molar-refractivity contribution in [2.75, 3.05) is 26.2 Å². The fourth-order valence-electron chi connectivity index (χ4n) is 1.33. The molecule has 10 heavy (non-hydrogen) atoms. The van der Waals surface area contributed by atoms with E-state index in [0.717, 1.165) is 39.0 Å². The second-order valence-electron chi connectivity index (χ2n) is 2.89. The Balaban J connectivity index is 2.06. The van der Waals surface area contributed by atoms with E-state index in [0.29, 0.717) is 0 Å². The SMILES string of the molecule is NCCCN1CC[C@H](O)C1. The fourth-order valence-corrected chi connectivity index (χ4v) is 1.33. The van der Waals surface area contributed by atoms with Crippen LogP contribution in [0.1, 0.15) is 12.8 Å². The maximum absolute atomic E-state index is 9.13. The summed E-state index contributed by atoms with van der Waals surface area (Å²) < 4.78 is 0. The van der Waals surface area contributed by atoms with Crippen molar-refractivity contribution in [1.82, 2.24) is 4.90 Å². The Labute approximate surface area is 61.8 Å². The zero-order chi connectivity index (χ0) is 7.40. The van der Waals surface area contributed by atoms with Crippen LogP contribution in [0.2, 0.25) is 0 Å². The summed E-state index contributed by atoms with van der Waals surface area (Å²) in [6, 6.07) is 0. The van der Waals surface area contributed by atoms with Crippen LogP contribution < -0.4 is 5.73 Å². The third-order valence-corrected chi connectivity index (χ3v) is 1.93. The zero-order valence-corrected chi connectivity index (χ0v) is 6.29. The van der Waals surface area contributed by atoms with Gasteiger partial charge in [0.05, 0.1) is 6.10 Å². The van der Waals surface area contributed by atoms with E-state index in [1.54, 1.807) is 0 Å². The van der Waals surface area contributed by atoms with Crippen molar-refractivity contribution >= 4 is 0 Å². The summed E-state index contributed by atoms with van der Waals surface area (Å²) in [6.45, 7) is 3.70. The molecule has 1 rings (SSSR count). The molecule has 0 aliphatic carbocycles. The summed E-state index contributed by atoms with van der Waals surface area (Å²) in [4.78, 5) is 2.26. The van der Waals surface area contributed by atoms with Gasteiger partial charge in [-0.05, 0) is 25.9 Å². The number of nitrogens with two attached hydrogens (primary N) is 1. The molecule has 0 amide bonds. The Hall–Kier alpha value is -0.120. The normalized spacial score (nSPS) is 27.6. The van der Waals surface area contributed by atoms with Crippen LogP contribution >= 0.6 is 0 Å². The Kier molecular flexibility index (Phi) is 3.12. The van der Waals surface area contributed by atoms with Crippen molar-refractivity contribution in [3.63, 3.8) is 0 Å². The molecular formula is C7H16N2O. The van der Waals surface area contributed by atoms with E-state index in [1.165, 1.54) is 0 Å². The van der Waals surface area contributed by atoms with Gasteiger partial charge in [0, 0.05) is 13.1 Å². The van der Waals surface area contributed by atoms with Gasteiger partial charge >= 0.3 is 0 Å². The Morgan fingerprint density at radius 1 is 1.60 bits per heavy atom. The van der Waals surface area contributed by atoms with Gasteiger partial charge in [0.25, 0.3) is 0 Å². The second-order valence-corrected chi connectivity index (χ2v) is 2.89. The number of hydrogen-bond donors (Lipinski definition) is 2. The van der Waals surface area contributed by atoms with Crippen LogP contribution in [0.5, 0.6) is 0 Å². The highest BCUT2D eigenvalue weighted by Crippen LogP contribution is 2.07. The van der Waals surface area contributed by atoms with Crippen LogP contribution in [0.25, 0.3) is 0 Å². The predicted molar refractivity (Wildman–Crippen MR) is 40.7 cm³/mol. The van der Waals surface area contributed by atoms with Crippen molar-refractivity contribution in [1.29, 1.82) is 0 Å². The molecule has 1 aliphatic rings. The fraction of sp³-hybridized carbons (Fsp3) is 1.00. The third kappa shape index (κ3) is 2.25. The van der Waals surface area contributed by atoms with E-state index in [2.05, 4.69) is 4.90 Å². The van der Waals surface area contributed by atoms with Gasteiger partial charge in [0.15, 0.2) is 0 Å². The van der Waals surface area contributed by atoms with Crippen LogP contribution in [0.3, 0.4) is 0 Å².